The molecule has 0 fully saturated rings. The maximum atomic E-state index is 9.40. The van der Waals surface area contributed by atoms with E-state index in [0.29, 0.717) is 5.75 Å². The molecule has 0 saturated carbocycles. The smallest absolute Gasteiger partial charge is 0.116 e. The largest absolute Gasteiger partial charge is 0.508 e. The molecule has 0 saturated heterocycles. The highest BCUT2D eigenvalue weighted by molar-refractivity contribution is 6.21. The van der Waals surface area contributed by atoms with E-state index in [1.807, 2.05) is 24.3 Å². The van der Waals surface area contributed by atoms with Crippen molar-refractivity contribution in [1.29, 1.82) is 0 Å². The SMILES string of the molecule is NC1Cc2c(ccc3c2ccc2ccccc23)C(Cl)C1.Oc1ccc2c(ccc3ccccc32)c1. The monoisotopic (exact) mass is 475 g/mol. The van der Waals surface area contributed by atoms with Crippen LogP contribution in [0.5, 0.6) is 5.75 Å². The summed E-state index contributed by atoms with van der Waals surface area (Å²) < 4.78 is 0. The summed E-state index contributed by atoms with van der Waals surface area (Å²) in [5, 5.41) is 19.4. The van der Waals surface area contributed by atoms with Crippen molar-refractivity contribution in [2.24, 2.45) is 5.73 Å². The fraction of sp³-hybridized carbons (Fsp3) is 0.125. The highest BCUT2D eigenvalue weighted by Gasteiger charge is 2.24. The van der Waals surface area contributed by atoms with E-state index < -0.39 is 0 Å². The second-order valence-corrected chi connectivity index (χ2v) is 9.90. The van der Waals surface area contributed by atoms with Crippen molar-refractivity contribution in [2.45, 2.75) is 24.3 Å². The first-order valence-electron chi connectivity index (χ1n) is 12.0. The van der Waals surface area contributed by atoms with E-state index in [4.69, 9.17) is 17.3 Å². The third kappa shape index (κ3) is 3.99. The van der Waals surface area contributed by atoms with Crippen LogP contribution in [-0.2, 0) is 6.42 Å². The third-order valence-electron chi connectivity index (χ3n) is 7.12. The molecule has 0 aromatic heterocycles. The zero-order chi connectivity index (χ0) is 23.9. The van der Waals surface area contributed by atoms with Gasteiger partial charge in [0.05, 0.1) is 5.38 Å². The number of hydrogen-bond donors (Lipinski definition) is 2. The van der Waals surface area contributed by atoms with Gasteiger partial charge in [0.2, 0.25) is 0 Å². The third-order valence-corrected chi connectivity index (χ3v) is 7.53. The van der Waals surface area contributed by atoms with Gasteiger partial charge in [0.1, 0.15) is 5.75 Å². The van der Waals surface area contributed by atoms with Gasteiger partial charge >= 0.3 is 0 Å². The van der Waals surface area contributed by atoms with Crippen LogP contribution < -0.4 is 5.73 Å². The summed E-state index contributed by atoms with van der Waals surface area (Å²) >= 11 is 6.48. The summed E-state index contributed by atoms with van der Waals surface area (Å²) in [6.07, 6.45) is 1.79. The molecular formula is C32H26ClNO. The predicted molar refractivity (Wildman–Crippen MR) is 149 cm³/mol. The molecule has 1 aliphatic carbocycles. The Morgan fingerprint density at radius 1 is 0.629 bits per heavy atom. The van der Waals surface area contributed by atoms with E-state index in [1.165, 1.54) is 48.8 Å². The molecule has 2 unspecified atom stereocenters. The quantitative estimate of drug-likeness (QED) is 0.171. The first-order valence-corrected chi connectivity index (χ1v) is 12.5. The average Bonchev–Trinajstić information content (AvgIpc) is 2.88. The van der Waals surface area contributed by atoms with Crippen LogP contribution in [0.15, 0.2) is 103 Å². The van der Waals surface area contributed by atoms with E-state index >= 15 is 0 Å². The Bertz CT molecular complexity index is 1710. The van der Waals surface area contributed by atoms with E-state index in [9.17, 15) is 5.11 Å². The zero-order valence-electron chi connectivity index (χ0n) is 19.3. The molecule has 0 heterocycles. The Hall–Kier alpha value is -3.59. The summed E-state index contributed by atoms with van der Waals surface area (Å²) in [6.45, 7) is 0. The number of aromatic hydroxyl groups is 1. The van der Waals surface area contributed by atoms with Gasteiger partial charge in [-0.1, -0.05) is 91.0 Å². The molecule has 7 rings (SSSR count). The van der Waals surface area contributed by atoms with E-state index in [0.717, 1.165) is 18.2 Å². The van der Waals surface area contributed by atoms with Gasteiger partial charge in [0, 0.05) is 6.04 Å². The van der Waals surface area contributed by atoms with Crippen LogP contribution in [0.2, 0.25) is 0 Å². The van der Waals surface area contributed by atoms with Crippen LogP contribution in [0.1, 0.15) is 22.9 Å². The van der Waals surface area contributed by atoms with Gasteiger partial charge in [-0.05, 0) is 79.2 Å². The van der Waals surface area contributed by atoms with Crippen LogP contribution in [0, 0.1) is 0 Å². The second kappa shape index (κ2) is 8.88. The lowest BCUT2D eigenvalue weighted by atomic mass is 9.84. The topological polar surface area (TPSA) is 46.2 Å². The molecule has 172 valence electrons. The average molecular weight is 476 g/mol. The molecule has 6 aromatic carbocycles. The van der Waals surface area contributed by atoms with E-state index in [1.54, 1.807) is 12.1 Å². The Balaban J connectivity index is 0.000000136. The minimum absolute atomic E-state index is 0.0459. The number of halogens is 1. The molecule has 3 N–H and O–H groups in total. The number of nitrogens with two attached hydrogens (primary N) is 1. The van der Waals surface area contributed by atoms with Gasteiger partial charge in [0.15, 0.2) is 0 Å². The summed E-state index contributed by atoms with van der Waals surface area (Å²) in [4.78, 5) is 0. The van der Waals surface area contributed by atoms with Crippen LogP contribution in [0.3, 0.4) is 0 Å². The lowest BCUT2D eigenvalue weighted by Crippen LogP contribution is -2.29. The lowest BCUT2D eigenvalue weighted by molar-refractivity contribution is 0.476. The number of fused-ring (bicyclic) bond motifs is 8. The van der Waals surface area contributed by atoms with Gasteiger partial charge in [-0.15, -0.1) is 11.6 Å². The number of benzene rings is 6. The molecule has 2 atom stereocenters. The number of phenols is 1. The predicted octanol–water partition coefficient (Wildman–Crippen LogP) is 8.25. The second-order valence-electron chi connectivity index (χ2n) is 9.37. The highest BCUT2D eigenvalue weighted by atomic mass is 35.5. The minimum atomic E-state index is 0.0459. The van der Waals surface area contributed by atoms with Crippen molar-refractivity contribution < 1.29 is 5.11 Å². The normalized spacial score (nSPS) is 17.3. The first-order chi connectivity index (χ1) is 17.1. The molecule has 1 aliphatic rings. The van der Waals surface area contributed by atoms with E-state index in [-0.39, 0.29) is 11.4 Å². The fourth-order valence-corrected chi connectivity index (χ4v) is 5.86. The zero-order valence-corrected chi connectivity index (χ0v) is 20.0. The van der Waals surface area contributed by atoms with Crippen molar-refractivity contribution in [3.05, 3.63) is 114 Å². The molecule has 3 heteroatoms. The number of hydrogen-bond acceptors (Lipinski definition) is 2. The minimum Gasteiger partial charge on any atom is -0.508 e. The number of rotatable bonds is 0. The molecule has 0 amide bonds. The van der Waals surface area contributed by atoms with Crippen LogP contribution in [-0.4, -0.2) is 11.1 Å². The summed E-state index contributed by atoms with van der Waals surface area (Å²) in [5.74, 6) is 0.317. The van der Waals surface area contributed by atoms with Crippen molar-refractivity contribution in [3.8, 4) is 5.75 Å². The molecule has 0 radical (unpaired) electrons. The molecular weight excluding hydrogens is 450 g/mol. The number of phenolic OH excluding ortho intramolecular Hbond substituents is 1. The van der Waals surface area contributed by atoms with Crippen molar-refractivity contribution in [1.82, 2.24) is 0 Å². The number of alkyl halides is 1. The maximum Gasteiger partial charge on any atom is 0.116 e. The Morgan fingerprint density at radius 2 is 1.20 bits per heavy atom. The molecule has 35 heavy (non-hydrogen) atoms. The van der Waals surface area contributed by atoms with Crippen molar-refractivity contribution in [2.75, 3.05) is 0 Å². The van der Waals surface area contributed by atoms with Gasteiger partial charge in [-0.25, -0.2) is 0 Å². The van der Waals surface area contributed by atoms with Gasteiger partial charge < -0.3 is 10.8 Å². The van der Waals surface area contributed by atoms with Crippen molar-refractivity contribution >= 4 is 54.7 Å². The van der Waals surface area contributed by atoms with Crippen LogP contribution in [0.4, 0.5) is 0 Å². The highest BCUT2D eigenvalue weighted by Crippen LogP contribution is 2.39. The Labute approximate surface area is 209 Å². The van der Waals surface area contributed by atoms with Gasteiger partial charge in [0.25, 0.3) is 0 Å². The first kappa shape index (κ1) is 21.9. The Morgan fingerprint density at radius 3 is 1.97 bits per heavy atom. The molecule has 2 nitrogen and oxygen atoms in total. The van der Waals surface area contributed by atoms with Crippen LogP contribution in [0.25, 0.3) is 43.1 Å². The molecule has 0 spiro atoms. The molecule has 6 aromatic rings. The summed E-state index contributed by atoms with van der Waals surface area (Å²) in [6, 6.07) is 35.4. The van der Waals surface area contributed by atoms with Gasteiger partial charge in [-0.2, -0.15) is 0 Å². The van der Waals surface area contributed by atoms with Crippen molar-refractivity contribution in [3.63, 3.8) is 0 Å². The fourth-order valence-electron chi connectivity index (χ4n) is 5.43. The molecule has 0 aliphatic heterocycles. The standard InChI is InChI=1S/C18H16ClN.C14H10O/c19-18-10-12(20)9-17-15-6-5-11-3-1-2-4-13(11)14(15)7-8-16(17)18;15-12-7-8-14-11(9-12)6-5-10-3-1-2-4-13(10)14/h1-8,12,18H,9-10,20H2;1-9,15H. The molecule has 0 bridgehead atoms. The summed E-state index contributed by atoms with van der Waals surface area (Å²) in [7, 11) is 0. The summed E-state index contributed by atoms with van der Waals surface area (Å²) in [5.41, 5.74) is 8.76. The lowest BCUT2D eigenvalue weighted by Gasteiger charge is -2.27. The maximum absolute atomic E-state index is 9.40. The van der Waals surface area contributed by atoms with Gasteiger partial charge in [-0.3, -0.25) is 0 Å². The Kier molecular flexibility index (Phi) is 5.56. The van der Waals surface area contributed by atoms with Crippen LogP contribution >= 0.6 is 11.6 Å². The van der Waals surface area contributed by atoms with E-state index in [2.05, 4.69) is 66.7 Å².